The van der Waals surface area contributed by atoms with Crippen molar-refractivity contribution in [1.82, 2.24) is 5.32 Å². The molecule has 0 amide bonds. The normalized spacial score (nSPS) is 23.6. The fourth-order valence-corrected chi connectivity index (χ4v) is 3.70. The van der Waals surface area contributed by atoms with Crippen molar-refractivity contribution in [3.63, 3.8) is 0 Å². The number of hydrogen-bond donors (Lipinski definition) is 1. The molecule has 0 saturated carbocycles. The fraction of sp³-hybridized carbons (Fsp3) is 1.00. The summed E-state index contributed by atoms with van der Waals surface area (Å²) in [6.45, 7) is 5.49. The van der Waals surface area contributed by atoms with Gasteiger partial charge in [0.1, 0.15) is 0 Å². The van der Waals surface area contributed by atoms with Crippen LogP contribution in [0.25, 0.3) is 0 Å². The van der Waals surface area contributed by atoms with E-state index in [0.717, 1.165) is 12.5 Å². The highest BCUT2D eigenvalue weighted by atomic mass is 16.5. The smallest absolute Gasteiger partial charge is 0.0590 e. The molecule has 0 bridgehead atoms. The fourth-order valence-electron chi connectivity index (χ4n) is 3.70. The van der Waals surface area contributed by atoms with Gasteiger partial charge in [0.05, 0.1) is 6.10 Å². The first-order valence-corrected chi connectivity index (χ1v) is 9.58. The zero-order valence-electron chi connectivity index (χ0n) is 14.8. The van der Waals surface area contributed by atoms with Gasteiger partial charge in [-0.2, -0.15) is 0 Å². The molecule has 1 heterocycles. The van der Waals surface area contributed by atoms with Crippen LogP contribution in [0.1, 0.15) is 90.9 Å². The Bertz CT molecular complexity index is 232. The van der Waals surface area contributed by atoms with E-state index in [0.29, 0.717) is 12.1 Å². The largest absolute Gasteiger partial charge is 0.378 e. The maximum absolute atomic E-state index is 5.71. The molecular formula is C19H39NO. The van der Waals surface area contributed by atoms with Crippen LogP contribution in [0.3, 0.4) is 0 Å². The lowest BCUT2D eigenvalue weighted by Gasteiger charge is -2.25. The van der Waals surface area contributed by atoms with Gasteiger partial charge in [-0.25, -0.2) is 0 Å². The Balaban J connectivity index is 1.93. The molecule has 0 aliphatic carbocycles. The van der Waals surface area contributed by atoms with Gasteiger partial charge in [0.25, 0.3) is 0 Å². The van der Waals surface area contributed by atoms with Crippen LogP contribution in [0, 0.1) is 5.92 Å². The Labute approximate surface area is 133 Å². The van der Waals surface area contributed by atoms with Crippen molar-refractivity contribution in [3.8, 4) is 0 Å². The number of unbranched alkanes of at least 4 members (excludes halogenated alkanes) is 9. The Morgan fingerprint density at radius 2 is 1.52 bits per heavy atom. The zero-order chi connectivity index (χ0) is 15.3. The van der Waals surface area contributed by atoms with Crippen LogP contribution >= 0.6 is 0 Å². The van der Waals surface area contributed by atoms with E-state index < -0.39 is 0 Å². The van der Waals surface area contributed by atoms with Crippen molar-refractivity contribution in [2.45, 2.75) is 103 Å². The van der Waals surface area contributed by atoms with Crippen LogP contribution < -0.4 is 5.32 Å². The molecule has 2 heteroatoms. The lowest BCUT2D eigenvalue weighted by Crippen LogP contribution is -2.36. The standard InChI is InChI=1S/C19H39NO/c1-4-5-6-7-8-9-10-11-12-13-14-19(20-3)18-15-16-21-17(18)2/h17-20H,4-16H2,1-3H3. The van der Waals surface area contributed by atoms with E-state index in [1.165, 1.54) is 77.0 Å². The van der Waals surface area contributed by atoms with Gasteiger partial charge in [0.15, 0.2) is 0 Å². The molecule has 3 atom stereocenters. The highest BCUT2D eigenvalue weighted by Crippen LogP contribution is 2.26. The zero-order valence-corrected chi connectivity index (χ0v) is 14.8. The molecule has 1 aliphatic heterocycles. The maximum Gasteiger partial charge on any atom is 0.0590 e. The number of rotatable bonds is 13. The first kappa shape index (κ1) is 19.0. The van der Waals surface area contributed by atoms with Gasteiger partial charge in [-0.15, -0.1) is 0 Å². The Kier molecular flexibility index (Phi) is 11.3. The minimum atomic E-state index is 0.450. The summed E-state index contributed by atoms with van der Waals surface area (Å²) >= 11 is 0. The topological polar surface area (TPSA) is 21.3 Å². The molecule has 3 unspecified atom stereocenters. The van der Waals surface area contributed by atoms with Gasteiger partial charge < -0.3 is 10.1 Å². The van der Waals surface area contributed by atoms with E-state index in [1.54, 1.807) is 0 Å². The molecule has 1 rings (SSSR count). The molecule has 0 spiro atoms. The average Bonchev–Trinajstić information content (AvgIpc) is 2.91. The first-order chi connectivity index (χ1) is 10.3. The molecule has 1 N–H and O–H groups in total. The van der Waals surface area contributed by atoms with E-state index in [-0.39, 0.29) is 0 Å². The van der Waals surface area contributed by atoms with E-state index in [4.69, 9.17) is 4.74 Å². The van der Waals surface area contributed by atoms with E-state index in [9.17, 15) is 0 Å². The molecule has 126 valence electrons. The molecule has 0 aromatic heterocycles. The molecule has 1 aliphatic rings. The van der Waals surface area contributed by atoms with Crippen molar-refractivity contribution in [1.29, 1.82) is 0 Å². The van der Waals surface area contributed by atoms with E-state index >= 15 is 0 Å². The van der Waals surface area contributed by atoms with Crippen LogP contribution in [-0.4, -0.2) is 25.8 Å². The van der Waals surface area contributed by atoms with E-state index in [2.05, 4.69) is 26.2 Å². The molecule has 21 heavy (non-hydrogen) atoms. The van der Waals surface area contributed by atoms with Gasteiger partial charge in [-0.3, -0.25) is 0 Å². The van der Waals surface area contributed by atoms with Crippen LogP contribution in [0.15, 0.2) is 0 Å². The first-order valence-electron chi connectivity index (χ1n) is 9.58. The third-order valence-electron chi connectivity index (χ3n) is 5.19. The average molecular weight is 298 g/mol. The van der Waals surface area contributed by atoms with Crippen LogP contribution in [0.2, 0.25) is 0 Å². The second kappa shape index (κ2) is 12.5. The van der Waals surface area contributed by atoms with Crippen molar-refractivity contribution in [3.05, 3.63) is 0 Å². The summed E-state index contributed by atoms with van der Waals surface area (Å²) in [5, 5.41) is 3.53. The molecule has 0 aromatic rings. The summed E-state index contributed by atoms with van der Waals surface area (Å²) in [6, 6.07) is 0.663. The van der Waals surface area contributed by atoms with Crippen molar-refractivity contribution >= 4 is 0 Å². The summed E-state index contributed by atoms with van der Waals surface area (Å²) in [5.41, 5.74) is 0. The van der Waals surface area contributed by atoms with Gasteiger partial charge in [0.2, 0.25) is 0 Å². The van der Waals surface area contributed by atoms with Crippen molar-refractivity contribution < 1.29 is 4.74 Å². The van der Waals surface area contributed by atoms with Crippen LogP contribution in [0.5, 0.6) is 0 Å². The minimum Gasteiger partial charge on any atom is -0.378 e. The second-order valence-corrected chi connectivity index (χ2v) is 6.89. The summed E-state index contributed by atoms with van der Waals surface area (Å²) < 4.78 is 5.71. The van der Waals surface area contributed by atoms with Gasteiger partial charge in [-0.05, 0) is 26.8 Å². The summed E-state index contributed by atoms with van der Waals surface area (Å²) in [5.74, 6) is 0.730. The Morgan fingerprint density at radius 1 is 0.952 bits per heavy atom. The Hall–Kier alpha value is -0.0800. The lowest BCUT2D eigenvalue weighted by molar-refractivity contribution is 0.0949. The van der Waals surface area contributed by atoms with Gasteiger partial charge in [0, 0.05) is 18.6 Å². The molecule has 2 nitrogen and oxygen atoms in total. The number of nitrogens with one attached hydrogen (secondary N) is 1. The van der Waals surface area contributed by atoms with Crippen LogP contribution in [0.4, 0.5) is 0 Å². The number of hydrogen-bond acceptors (Lipinski definition) is 2. The SMILES string of the molecule is CCCCCCCCCCCCC(NC)C1CCOC1C. The van der Waals surface area contributed by atoms with Gasteiger partial charge >= 0.3 is 0 Å². The van der Waals surface area contributed by atoms with Crippen molar-refractivity contribution in [2.24, 2.45) is 5.92 Å². The third kappa shape index (κ3) is 8.21. The third-order valence-corrected chi connectivity index (χ3v) is 5.19. The monoisotopic (exact) mass is 297 g/mol. The number of ether oxygens (including phenoxy) is 1. The summed E-state index contributed by atoms with van der Waals surface area (Å²) in [7, 11) is 2.12. The minimum absolute atomic E-state index is 0.450. The molecule has 1 saturated heterocycles. The predicted octanol–water partition coefficient (Wildman–Crippen LogP) is 5.31. The highest BCUT2D eigenvalue weighted by molar-refractivity contribution is 4.83. The molecule has 1 fully saturated rings. The van der Waals surface area contributed by atoms with Gasteiger partial charge in [-0.1, -0.05) is 71.1 Å². The van der Waals surface area contributed by atoms with Crippen LogP contribution in [-0.2, 0) is 4.74 Å². The van der Waals surface area contributed by atoms with Crippen molar-refractivity contribution in [2.75, 3.05) is 13.7 Å². The molecule has 0 radical (unpaired) electrons. The summed E-state index contributed by atoms with van der Waals surface area (Å²) in [4.78, 5) is 0. The Morgan fingerprint density at radius 3 is 2.00 bits per heavy atom. The molecule has 0 aromatic carbocycles. The lowest BCUT2D eigenvalue weighted by atomic mass is 9.89. The summed E-state index contributed by atoms with van der Waals surface area (Å²) in [6.07, 6.45) is 17.3. The highest BCUT2D eigenvalue weighted by Gasteiger charge is 2.30. The quantitative estimate of drug-likeness (QED) is 0.465. The second-order valence-electron chi connectivity index (χ2n) is 6.89. The van der Waals surface area contributed by atoms with E-state index in [1.807, 2.05) is 0 Å². The maximum atomic E-state index is 5.71. The predicted molar refractivity (Wildman–Crippen MR) is 92.8 cm³/mol. The molecular weight excluding hydrogens is 258 g/mol.